The number of aromatic hydroxyl groups is 1. The molecule has 106 valence electrons. The molecule has 0 saturated carbocycles. The molecule has 19 heavy (non-hydrogen) atoms. The third-order valence-electron chi connectivity index (χ3n) is 2.55. The molecule has 1 aromatic rings. The number of aliphatic hydroxyl groups is 1. The van der Waals surface area contributed by atoms with Crippen molar-refractivity contribution in [3.8, 4) is 5.75 Å². The van der Waals surface area contributed by atoms with Gasteiger partial charge in [-0.25, -0.2) is 0 Å². The maximum atomic E-state index is 11.4. The van der Waals surface area contributed by atoms with Gasteiger partial charge in [0.2, 0.25) is 11.2 Å². The van der Waals surface area contributed by atoms with Crippen molar-refractivity contribution in [2.24, 2.45) is 0 Å². The first-order valence-electron chi connectivity index (χ1n) is 5.90. The van der Waals surface area contributed by atoms with Crippen molar-refractivity contribution in [3.63, 3.8) is 0 Å². The number of hydrogen-bond acceptors (Lipinski definition) is 6. The van der Waals surface area contributed by atoms with Crippen LogP contribution in [-0.4, -0.2) is 32.5 Å². The molecule has 1 heterocycles. The van der Waals surface area contributed by atoms with Gasteiger partial charge in [-0.3, -0.25) is 4.79 Å². The summed E-state index contributed by atoms with van der Waals surface area (Å²) in [7, 11) is 0. The predicted molar refractivity (Wildman–Crippen MR) is 79.4 cm³/mol. The van der Waals surface area contributed by atoms with E-state index in [1.807, 2.05) is 18.7 Å². The maximum Gasteiger partial charge on any atom is 0.227 e. The fourth-order valence-electron chi connectivity index (χ4n) is 1.46. The van der Waals surface area contributed by atoms with Gasteiger partial charge in [-0.1, -0.05) is 24.0 Å². The van der Waals surface area contributed by atoms with Crippen LogP contribution in [-0.2, 0) is 12.4 Å². The van der Waals surface area contributed by atoms with Crippen LogP contribution in [0.25, 0.3) is 0 Å². The highest BCUT2D eigenvalue weighted by Crippen LogP contribution is 2.22. The Morgan fingerprint density at radius 1 is 1.47 bits per heavy atom. The van der Waals surface area contributed by atoms with Crippen LogP contribution in [0.4, 0.5) is 0 Å². The Labute approximate surface area is 121 Å². The van der Waals surface area contributed by atoms with Gasteiger partial charge < -0.3 is 19.5 Å². The number of thiocarbonyl (C=S) groups is 1. The molecule has 2 N–H and O–H groups in total. The van der Waals surface area contributed by atoms with Gasteiger partial charge in [0.05, 0.1) is 5.75 Å². The number of nitrogens with zero attached hydrogens (tertiary/aromatic N) is 1. The summed E-state index contributed by atoms with van der Waals surface area (Å²) in [5, 5.41) is 18.6. The molecule has 0 unspecified atom stereocenters. The summed E-state index contributed by atoms with van der Waals surface area (Å²) >= 11 is 6.56. The fourth-order valence-corrected chi connectivity index (χ4v) is 2.79. The standard InChI is InChI=1S/C12H17NO4S2/c1-3-13(4-2)12(18)19-7-10-11(16)9(15)5-8(6-14)17-10/h5,14,16H,3-4,6-7H2,1-2H3. The van der Waals surface area contributed by atoms with Crippen LogP contribution in [0.1, 0.15) is 25.4 Å². The van der Waals surface area contributed by atoms with Crippen LogP contribution in [0.2, 0.25) is 0 Å². The van der Waals surface area contributed by atoms with E-state index < -0.39 is 11.2 Å². The van der Waals surface area contributed by atoms with Crippen molar-refractivity contribution in [1.29, 1.82) is 0 Å². The first-order chi connectivity index (χ1) is 9.03. The number of hydrogen-bond donors (Lipinski definition) is 2. The third-order valence-corrected chi connectivity index (χ3v) is 4.07. The monoisotopic (exact) mass is 303 g/mol. The summed E-state index contributed by atoms with van der Waals surface area (Å²) in [6.45, 7) is 5.22. The molecule has 0 radical (unpaired) electrons. The molecule has 0 atom stereocenters. The molecular weight excluding hydrogens is 286 g/mol. The first-order valence-corrected chi connectivity index (χ1v) is 7.30. The summed E-state index contributed by atoms with van der Waals surface area (Å²) in [6, 6.07) is 1.08. The SMILES string of the molecule is CCN(CC)C(=S)SCc1oc(CO)cc(=O)c1O. The van der Waals surface area contributed by atoms with E-state index in [-0.39, 0.29) is 23.9 Å². The second kappa shape index (κ2) is 7.52. The van der Waals surface area contributed by atoms with Crippen molar-refractivity contribution in [1.82, 2.24) is 4.90 Å². The number of aliphatic hydroxyl groups excluding tert-OH is 1. The van der Waals surface area contributed by atoms with Crippen molar-refractivity contribution >= 4 is 28.3 Å². The van der Waals surface area contributed by atoms with Crippen LogP contribution < -0.4 is 5.43 Å². The van der Waals surface area contributed by atoms with Crippen molar-refractivity contribution in [2.75, 3.05) is 13.1 Å². The molecule has 0 aliphatic rings. The van der Waals surface area contributed by atoms with E-state index in [4.69, 9.17) is 21.7 Å². The highest BCUT2D eigenvalue weighted by atomic mass is 32.2. The van der Waals surface area contributed by atoms with Crippen LogP contribution in [0, 0.1) is 0 Å². The van der Waals surface area contributed by atoms with Gasteiger partial charge in [0.1, 0.15) is 16.7 Å². The van der Waals surface area contributed by atoms with Gasteiger partial charge in [-0.2, -0.15) is 0 Å². The Balaban J connectivity index is 2.80. The van der Waals surface area contributed by atoms with Crippen molar-refractivity contribution in [3.05, 3.63) is 27.8 Å². The largest absolute Gasteiger partial charge is 0.502 e. The lowest BCUT2D eigenvalue weighted by molar-refractivity contribution is 0.237. The lowest BCUT2D eigenvalue weighted by Gasteiger charge is -2.20. The smallest absolute Gasteiger partial charge is 0.227 e. The predicted octanol–water partition coefficient (Wildman–Crippen LogP) is 1.70. The minimum atomic E-state index is -0.556. The van der Waals surface area contributed by atoms with E-state index in [9.17, 15) is 9.90 Å². The molecule has 0 fully saturated rings. The van der Waals surface area contributed by atoms with Crippen LogP contribution in [0.3, 0.4) is 0 Å². The van der Waals surface area contributed by atoms with Crippen LogP contribution in [0.15, 0.2) is 15.3 Å². The van der Waals surface area contributed by atoms with Gasteiger partial charge in [-0.05, 0) is 13.8 Å². The normalized spacial score (nSPS) is 10.5. The van der Waals surface area contributed by atoms with E-state index in [1.165, 1.54) is 11.8 Å². The van der Waals surface area contributed by atoms with Crippen LogP contribution >= 0.6 is 24.0 Å². The second-order valence-electron chi connectivity index (χ2n) is 3.73. The molecule has 5 nitrogen and oxygen atoms in total. The Morgan fingerprint density at radius 3 is 2.63 bits per heavy atom. The molecule has 1 aromatic heterocycles. The topological polar surface area (TPSA) is 73.9 Å². The lowest BCUT2D eigenvalue weighted by atomic mass is 10.3. The van der Waals surface area contributed by atoms with Gasteiger partial charge in [-0.15, -0.1) is 0 Å². The highest BCUT2D eigenvalue weighted by Gasteiger charge is 2.13. The molecule has 0 spiro atoms. The first kappa shape index (κ1) is 16.0. The summed E-state index contributed by atoms with van der Waals surface area (Å²) in [4.78, 5) is 13.4. The van der Waals surface area contributed by atoms with Gasteiger partial charge in [0, 0.05) is 19.2 Å². The van der Waals surface area contributed by atoms with E-state index >= 15 is 0 Å². The lowest BCUT2D eigenvalue weighted by Crippen LogP contribution is -2.26. The summed E-state index contributed by atoms with van der Waals surface area (Å²) in [5.41, 5.74) is -0.556. The molecule has 7 heteroatoms. The zero-order valence-electron chi connectivity index (χ0n) is 10.9. The molecule has 0 amide bonds. The summed E-state index contributed by atoms with van der Waals surface area (Å²) in [6.07, 6.45) is 0. The molecule has 1 rings (SSSR count). The summed E-state index contributed by atoms with van der Waals surface area (Å²) < 4.78 is 5.92. The van der Waals surface area contributed by atoms with Gasteiger partial charge in [0.15, 0.2) is 5.76 Å². The molecule has 0 saturated heterocycles. The van der Waals surface area contributed by atoms with Crippen LogP contribution in [0.5, 0.6) is 5.75 Å². The molecule has 0 aromatic carbocycles. The summed E-state index contributed by atoms with van der Waals surface area (Å²) in [5.74, 6) is 0.0970. The second-order valence-corrected chi connectivity index (χ2v) is 5.34. The average molecular weight is 303 g/mol. The zero-order chi connectivity index (χ0) is 14.4. The maximum absolute atomic E-state index is 11.4. The minimum absolute atomic E-state index is 0.132. The Kier molecular flexibility index (Phi) is 6.33. The van der Waals surface area contributed by atoms with E-state index in [0.29, 0.717) is 4.32 Å². The van der Waals surface area contributed by atoms with E-state index in [1.54, 1.807) is 0 Å². The average Bonchev–Trinajstić information content (AvgIpc) is 2.41. The Bertz CT molecular complexity index is 497. The third kappa shape index (κ3) is 4.22. The molecule has 0 aliphatic carbocycles. The Morgan fingerprint density at radius 2 is 2.11 bits per heavy atom. The Hall–Kier alpha value is -1.05. The molecule has 0 bridgehead atoms. The van der Waals surface area contributed by atoms with Gasteiger partial charge in [0.25, 0.3) is 0 Å². The van der Waals surface area contributed by atoms with E-state index in [2.05, 4.69) is 0 Å². The van der Waals surface area contributed by atoms with Gasteiger partial charge >= 0.3 is 0 Å². The number of rotatable bonds is 5. The molecule has 0 aliphatic heterocycles. The fraction of sp³-hybridized carbons (Fsp3) is 0.500. The minimum Gasteiger partial charge on any atom is -0.502 e. The highest BCUT2D eigenvalue weighted by molar-refractivity contribution is 8.22. The van der Waals surface area contributed by atoms with Crippen molar-refractivity contribution < 1.29 is 14.6 Å². The quantitative estimate of drug-likeness (QED) is 0.802. The molecular formula is C12H17NO4S2. The number of thioether (sulfide) groups is 1. The van der Waals surface area contributed by atoms with Crippen molar-refractivity contribution in [2.45, 2.75) is 26.2 Å². The van der Waals surface area contributed by atoms with E-state index in [0.717, 1.165) is 19.2 Å². The zero-order valence-corrected chi connectivity index (χ0v) is 12.5.